The van der Waals surface area contributed by atoms with Crippen LogP contribution >= 0.6 is 0 Å². The second-order valence-corrected chi connectivity index (χ2v) is 6.90. The van der Waals surface area contributed by atoms with Crippen molar-refractivity contribution in [3.05, 3.63) is 103 Å². The highest BCUT2D eigenvalue weighted by Gasteiger charge is 2.09. The Morgan fingerprint density at radius 3 is 2.24 bits per heavy atom. The predicted molar refractivity (Wildman–Crippen MR) is 121 cm³/mol. The molecule has 4 heteroatoms. The Bertz CT molecular complexity index is 1280. The molecule has 29 heavy (non-hydrogen) atoms. The van der Waals surface area contributed by atoms with Gasteiger partial charge in [-0.2, -0.15) is 4.98 Å². The molecule has 0 radical (unpaired) electrons. The van der Waals surface area contributed by atoms with Crippen molar-refractivity contribution in [2.45, 2.75) is 6.54 Å². The van der Waals surface area contributed by atoms with Crippen molar-refractivity contribution in [2.75, 3.05) is 10.6 Å². The van der Waals surface area contributed by atoms with E-state index in [1.807, 2.05) is 60.7 Å². The van der Waals surface area contributed by atoms with Crippen LogP contribution in [-0.2, 0) is 6.54 Å². The van der Waals surface area contributed by atoms with E-state index < -0.39 is 0 Å². The van der Waals surface area contributed by atoms with Crippen LogP contribution in [0.5, 0.6) is 0 Å². The van der Waals surface area contributed by atoms with Gasteiger partial charge < -0.3 is 10.6 Å². The molecule has 0 fully saturated rings. The standard InChI is InChI=1S/C25H20N4/c1-2-9-18(10-3-1)17-26-24-21-14-6-7-15-23(21)28-25(29-24)27-22-16-8-12-19-11-4-5-13-20(19)22/h1-16H,17H2,(H2,26,27,28,29). The molecule has 1 aromatic heterocycles. The fourth-order valence-electron chi connectivity index (χ4n) is 3.50. The molecule has 0 amide bonds. The maximum Gasteiger partial charge on any atom is 0.229 e. The first kappa shape index (κ1) is 17.2. The highest BCUT2D eigenvalue weighted by molar-refractivity contribution is 5.96. The molecule has 0 atom stereocenters. The molecule has 140 valence electrons. The Kier molecular flexibility index (Phi) is 4.51. The van der Waals surface area contributed by atoms with Crippen LogP contribution in [0, 0.1) is 0 Å². The van der Waals surface area contributed by atoms with Crippen LogP contribution in [0.1, 0.15) is 5.56 Å². The van der Waals surface area contributed by atoms with E-state index in [0.29, 0.717) is 12.5 Å². The van der Waals surface area contributed by atoms with Gasteiger partial charge in [0.1, 0.15) is 5.82 Å². The second-order valence-electron chi connectivity index (χ2n) is 6.90. The largest absolute Gasteiger partial charge is 0.365 e. The zero-order chi connectivity index (χ0) is 19.5. The third-order valence-corrected chi connectivity index (χ3v) is 4.94. The molecule has 0 aliphatic heterocycles. The molecule has 0 saturated carbocycles. The third-order valence-electron chi connectivity index (χ3n) is 4.94. The zero-order valence-corrected chi connectivity index (χ0v) is 15.8. The van der Waals surface area contributed by atoms with Gasteiger partial charge in [0.25, 0.3) is 0 Å². The molecular formula is C25H20N4. The van der Waals surface area contributed by atoms with Crippen molar-refractivity contribution in [3.63, 3.8) is 0 Å². The maximum absolute atomic E-state index is 4.78. The van der Waals surface area contributed by atoms with E-state index >= 15 is 0 Å². The van der Waals surface area contributed by atoms with Crippen LogP contribution < -0.4 is 10.6 Å². The minimum absolute atomic E-state index is 0.579. The molecule has 1 heterocycles. The van der Waals surface area contributed by atoms with Crippen molar-refractivity contribution in [1.29, 1.82) is 0 Å². The quantitative estimate of drug-likeness (QED) is 0.387. The van der Waals surface area contributed by atoms with E-state index in [4.69, 9.17) is 9.97 Å². The van der Waals surface area contributed by atoms with Crippen LogP contribution in [-0.4, -0.2) is 9.97 Å². The van der Waals surface area contributed by atoms with Gasteiger partial charge in [-0.15, -0.1) is 0 Å². The van der Waals surface area contributed by atoms with E-state index in [9.17, 15) is 0 Å². The highest BCUT2D eigenvalue weighted by atomic mass is 15.1. The van der Waals surface area contributed by atoms with Gasteiger partial charge in [0.2, 0.25) is 5.95 Å². The monoisotopic (exact) mass is 376 g/mol. The van der Waals surface area contributed by atoms with Gasteiger partial charge in [0.05, 0.1) is 5.52 Å². The number of nitrogens with one attached hydrogen (secondary N) is 2. The summed E-state index contributed by atoms with van der Waals surface area (Å²) in [6.07, 6.45) is 0. The molecule has 0 aliphatic carbocycles. The van der Waals surface area contributed by atoms with Crippen molar-refractivity contribution in [1.82, 2.24) is 9.97 Å². The van der Waals surface area contributed by atoms with Gasteiger partial charge >= 0.3 is 0 Å². The molecule has 2 N–H and O–H groups in total. The molecule has 0 bridgehead atoms. The van der Waals surface area contributed by atoms with Gasteiger partial charge in [-0.1, -0.05) is 78.9 Å². The number of fused-ring (bicyclic) bond motifs is 2. The van der Waals surface area contributed by atoms with E-state index in [0.717, 1.165) is 27.8 Å². The molecular weight excluding hydrogens is 356 g/mol. The van der Waals surface area contributed by atoms with Crippen molar-refractivity contribution in [2.24, 2.45) is 0 Å². The normalized spacial score (nSPS) is 10.9. The second kappa shape index (κ2) is 7.60. The first-order chi connectivity index (χ1) is 14.4. The van der Waals surface area contributed by atoms with Crippen LogP contribution in [0.3, 0.4) is 0 Å². The van der Waals surface area contributed by atoms with Crippen molar-refractivity contribution >= 4 is 39.1 Å². The molecule has 0 aliphatic rings. The lowest BCUT2D eigenvalue weighted by molar-refractivity contribution is 1.10. The Labute approximate surface area is 169 Å². The first-order valence-electron chi connectivity index (χ1n) is 9.66. The van der Waals surface area contributed by atoms with Gasteiger partial charge in [-0.3, -0.25) is 0 Å². The summed E-state index contributed by atoms with van der Waals surface area (Å²) in [6, 6.07) is 32.9. The number of benzene rings is 4. The number of nitrogens with zero attached hydrogens (tertiary/aromatic N) is 2. The Morgan fingerprint density at radius 2 is 1.34 bits per heavy atom. The molecule has 4 nitrogen and oxygen atoms in total. The molecule has 5 aromatic rings. The van der Waals surface area contributed by atoms with Crippen LogP contribution in [0.2, 0.25) is 0 Å². The molecule has 0 unspecified atom stereocenters. The van der Waals surface area contributed by atoms with Gasteiger partial charge in [-0.25, -0.2) is 4.98 Å². The smallest absolute Gasteiger partial charge is 0.229 e. The molecule has 4 aromatic carbocycles. The summed E-state index contributed by atoms with van der Waals surface area (Å²) in [5.74, 6) is 1.40. The van der Waals surface area contributed by atoms with E-state index in [2.05, 4.69) is 47.0 Å². The summed E-state index contributed by atoms with van der Waals surface area (Å²) in [5, 5.41) is 10.2. The summed E-state index contributed by atoms with van der Waals surface area (Å²) in [6.45, 7) is 0.704. The number of anilines is 3. The number of hydrogen-bond acceptors (Lipinski definition) is 4. The fourth-order valence-corrected chi connectivity index (χ4v) is 3.50. The SMILES string of the molecule is c1ccc(CNc2nc(Nc3cccc4ccccc34)nc3ccccc23)cc1. The average molecular weight is 376 g/mol. The molecule has 5 rings (SSSR count). The number of hydrogen-bond donors (Lipinski definition) is 2. The number of aromatic nitrogens is 2. The lowest BCUT2D eigenvalue weighted by Gasteiger charge is -2.13. The summed E-state index contributed by atoms with van der Waals surface area (Å²) >= 11 is 0. The Morgan fingerprint density at radius 1 is 0.621 bits per heavy atom. The van der Waals surface area contributed by atoms with E-state index in [-0.39, 0.29) is 0 Å². The summed E-state index contributed by atoms with van der Waals surface area (Å²) in [7, 11) is 0. The van der Waals surface area contributed by atoms with Crippen molar-refractivity contribution < 1.29 is 0 Å². The Hall–Kier alpha value is -3.92. The van der Waals surface area contributed by atoms with Crippen LogP contribution in [0.25, 0.3) is 21.7 Å². The summed E-state index contributed by atoms with van der Waals surface area (Å²) in [5.41, 5.74) is 3.10. The maximum atomic E-state index is 4.78. The summed E-state index contributed by atoms with van der Waals surface area (Å²) in [4.78, 5) is 9.52. The lowest BCUT2D eigenvalue weighted by Crippen LogP contribution is -2.05. The van der Waals surface area contributed by atoms with E-state index in [1.54, 1.807) is 0 Å². The number of para-hydroxylation sites is 1. The average Bonchev–Trinajstić information content (AvgIpc) is 2.78. The first-order valence-corrected chi connectivity index (χ1v) is 9.66. The minimum atomic E-state index is 0.579. The Balaban J connectivity index is 1.52. The van der Waals surface area contributed by atoms with Gasteiger partial charge in [0.15, 0.2) is 0 Å². The fraction of sp³-hybridized carbons (Fsp3) is 0.0400. The van der Waals surface area contributed by atoms with Gasteiger partial charge in [-0.05, 0) is 29.1 Å². The highest BCUT2D eigenvalue weighted by Crippen LogP contribution is 2.28. The van der Waals surface area contributed by atoms with Gasteiger partial charge in [0, 0.05) is 23.0 Å². The van der Waals surface area contributed by atoms with E-state index in [1.165, 1.54) is 10.9 Å². The zero-order valence-electron chi connectivity index (χ0n) is 15.8. The van der Waals surface area contributed by atoms with Crippen LogP contribution in [0.4, 0.5) is 17.5 Å². The predicted octanol–water partition coefficient (Wildman–Crippen LogP) is 6.14. The van der Waals surface area contributed by atoms with Crippen molar-refractivity contribution in [3.8, 4) is 0 Å². The summed E-state index contributed by atoms with van der Waals surface area (Å²) < 4.78 is 0. The molecule has 0 spiro atoms. The number of rotatable bonds is 5. The topological polar surface area (TPSA) is 49.8 Å². The molecule has 0 saturated heterocycles. The minimum Gasteiger partial charge on any atom is -0.365 e. The third kappa shape index (κ3) is 3.60. The van der Waals surface area contributed by atoms with Crippen LogP contribution in [0.15, 0.2) is 97.1 Å². The lowest BCUT2D eigenvalue weighted by atomic mass is 10.1.